The highest BCUT2D eigenvalue weighted by Gasteiger charge is 2.62. The summed E-state index contributed by atoms with van der Waals surface area (Å²) in [5.41, 5.74) is -1.31. The maximum Gasteiger partial charge on any atom is 0.310 e. The van der Waals surface area contributed by atoms with E-state index in [0.717, 1.165) is 0 Å². The molecule has 2 aliphatic heterocycles. The van der Waals surface area contributed by atoms with Crippen LogP contribution in [0.2, 0.25) is 0 Å². The molecule has 2 fully saturated rings. The second-order valence-electron chi connectivity index (χ2n) is 5.04. The quantitative estimate of drug-likeness (QED) is 0.639. The van der Waals surface area contributed by atoms with Gasteiger partial charge in [0.1, 0.15) is 11.7 Å². The number of fused-ring (bicyclic) bond motifs is 2. The number of aliphatic hydroxyl groups excluding tert-OH is 2. The van der Waals surface area contributed by atoms with E-state index in [0.29, 0.717) is 0 Å². The number of hydrogen-bond donors (Lipinski definition) is 2. The van der Waals surface area contributed by atoms with Crippen molar-refractivity contribution in [2.45, 2.75) is 49.5 Å². The minimum Gasteiger partial charge on any atom is -0.469 e. The van der Waals surface area contributed by atoms with Gasteiger partial charge >= 0.3 is 11.9 Å². The van der Waals surface area contributed by atoms with Crippen LogP contribution in [0, 0.1) is 0 Å². The predicted octanol–water partition coefficient (Wildman–Crippen LogP) is -0.932. The van der Waals surface area contributed by atoms with Crippen molar-refractivity contribution in [1.82, 2.24) is 0 Å². The molecule has 2 N–H and O–H groups in total. The minimum absolute atomic E-state index is 0.226. The Labute approximate surface area is 115 Å². The molecule has 0 aliphatic carbocycles. The van der Waals surface area contributed by atoms with E-state index < -0.39 is 35.7 Å². The third-order valence-electron chi connectivity index (χ3n) is 3.78. The zero-order valence-corrected chi connectivity index (χ0v) is 11.3. The van der Waals surface area contributed by atoms with Crippen LogP contribution in [0.25, 0.3) is 0 Å². The second-order valence-corrected chi connectivity index (χ2v) is 5.04. The summed E-state index contributed by atoms with van der Waals surface area (Å²) in [6, 6.07) is 0. The molecule has 8 nitrogen and oxygen atoms in total. The Morgan fingerprint density at radius 3 is 2.35 bits per heavy atom. The standard InChI is InChI=1S/C12H18O8/c1-17-7(13)5-11-3-4-12(20-11,6-8(14)18-2)19-10(16)9(11)15/h9-10,15-16H,3-6H2,1-2H3/t9-,10+,11+,12-/m0/s1. The van der Waals surface area contributed by atoms with Gasteiger partial charge in [0, 0.05) is 6.42 Å². The summed E-state index contributed by atoms with van der Waals surface area (Å²) >= 11 is 0. The van der Waals surface area contributed by atoms with Crippen LogP contribution < -0.4 is 0 Å². The Balaban J connectivity index is 2.21. The lowest BCUT2D eigenvalue weighted by molar-refractivity contribution is -0.387. The number of carbonyl (C=O) groups excluding carboxylic acids is 2. The normalized spacial score (nSPS) is 39.4. The van der Waals surface area contributed by atoms with Crippen molar-refractivity contribution in [3.05, 3.63) is 0 Å². The summed E-state index contributed by atoms with van der Waals surface area (Å²) in [6.45, 7) is 0. The fraction of sp³-hybridized carbons (Fsp3) is 0.833. The van der Waals surface area contributed by atoms with Gasteiger partial charge in [-0.2, -0.15) is 0 Å². The first kappa shape index (κ1) is 15.2. The summed E-state index contributed by atoms with van der Waals surface area (Å²) in [5.74, 6) is -2.52. The molecule has 2 heterocycles. The Kier molecular flexibility index (Phi) is 4.01. The maximum atomic E-state index is 11.5. The van der Waals surface area contributed by atoms with Crippen molar-refractivity contribution >= 4 is 11.9 Å². The van der Waals surface area contributed by atoms with Gasteiger partial charge in [0.15, 0.2) is 12.1 Å². The lowest BCUT2D eigenvalue weighted by atomic mass is 9.89. The molecule has 2 bridgehead atoms. The minimum atomic E-state index is -1.54. The van der Waals surface area contributed by atoms with Crippen LogP contribution in [-0.4, -0.2) is 60.2 Å². The molecule has 0 radical (unpaired) electrons. The first-order chi connectivity index (χ1) is 9.36. The van der Waals surface area contributed by atoms with Crippen LogP contribution >= 0.6 is 0 Å². The molecule has 0 aromatic carbocycles. The van der Waals surface area contributed by atoms with Gasteiger partial charge in [0.05, 0.1) is 27.1 Å². The van der Waals surface area contributed by atoms with Crippen molar-refractivity contribution < 1.29 is 38.7 Å². The van der Waals surface area contributed by atoms with E-state index >= 15 is 0 Å². The van der Waals surface area contributed by atoms with Gasteiger partial charge in [-0.1, -0.05) is 0 Å². The van der Waals surface area contributed by atoms with E-state index in [1.165, 1.54) is 14.2 Å². The van der Waals surface area contributed by atoms with Gasteiger partial charge in [-0.3, -0.25) is 9.59 Å². The van der Waals surface area contributed by atoms with Crippen molar-refractivity contribution in [1.29, 1.82) is 0 Å². The highest BCUT2D eigenvalue weighted by atomic mass is 16.8. The maximum absolute atomic E-state index is 11.5. The largest absolute Gasteiger partial charge is 0.469 e. The van der Waals surface area contributed by atoms with Crippen molar-refractivity contribution in [3.63, 3.8) is 0 Å². The fourth-order valence-electron chi connectivity index (χ4n) is 2.71. The smallest absolute Gasteiger partial charge is 0.310 e. The molecule has 0 unspecified atom stereocenters. The average molecular weight is 290 g/mol. The predicted molar refractivity (Wildman–Crippen MR) is 62.1 cm³/mol. The Morgan fingerprint density at radius 2 is 1.75 bits per heavy atom. The van der Waals surface area contributed by atoms with Crippen molar-refractivity contribution in [2.24, 2.45) is 0 Å². The molecular weight excluding hydrogens is 272 g/mol. The molecule has 2 saturated heterocycles. The van der Waals surface area contributed by atoms with E-state index in [-0.39, 0.29) is 25.7 Å². The lowest BCUT2D eigenvalue weighted by Crippen LogP contribution is -2.59. The Bertz CT molecular complexity index is 410. The summed E-state index contributed by atoms with van der Waals surface area (Å²) in [5, 5.41) is 19.8. The SMILES string of the molecule is COC(=O)C[C@]12CC[C@](CC(=O)OC)(O1)[C@@H](O)[C@H](O)O2. The van der Waals surface area contributed by atoms with Crippen molar-refractivity contribution in [3.8, 4) is 0 Å². The van der Waals surface area contributed by atoms with Gasteiger partial charge in [0.25, 0.3) is 0 Å². The molecule has 0 spiro atoms. The van der Waals surface area contributed by atoms with E-state index in [1.807, 2.05) is 0 Å². The third kappa shape index (κ3) is 2.51. The number of ether oxygens (including phenoxy) is 4. The zero-order valence-electron chi connectivity index (χ0n) is 11.3. The van der Waals surface area contributed by atoms with Gasteiger partial charge in [-0.15, -0.1) is 0 Å². The van der Waals surface area contributed by atoms with E-state index in [9.17, 15) is 19.8 Å². The highest BCUT2D eigenvalue weighted by molar-refractivity contribution is 5.71. The molecule has 0 saturated carbocycles. The Hall–Kier alpha value is -1.22. The zero-order chi connectivity index (χ0) is 15.0. The van der Waals surface area contributed by atoms with Gasteiger partial charge in [0.2, 0.25) is 0 Å². The molecule has 0 aromatic rings. The first-order valence-corrected chi connectivity index (χ1v) is 6.24. The molecular formula is C12H18O8. The van der Waals surface area contributed by atoms with Gasteiger partial charge < -0.3 is 29.2 Å². The van der Waals surface area contributed by atoms with Crippen LogP contribution in [-0.2, 0) is 28.5 Å². The van der Waals surface area contributed by atoms with Crippen LogP contribution in [0.1, 0.15) is 25.7 Å². The number of hydrogen-bond acceptors (Lipinski definition) is 8. The number of rotatable bonds is 4. The first-order valence-electron chi connectivity index (χ1n) is 6.24. The number of methoxy groups -OCH3 is 2. The average Bonchev–Trinajstić information content (AvgIpc) is 2.72. The van der Waals surface area contributed by atoms with Crippen LogP contribution in [0.15, 0.2) is 0 Å². The van der Waals surface area contributed by atoms with E-state index in [2.05, 4.69) is 9.47 Å². The number of esters is 2. The summed E-state index contributed by atoms with van der Waals surface area (Å²) < 4.78 is 20.0. The second kappa shape index (κ2) is 5.28. The van der Waals surface area contributed by atoms with Crippen molar-refractivity contribution in [2.75, 3.05) is 14.2 Å². The Morgan fingerprint density at radius 1 is 1.15 bits per heavy atom. The molecule has 114 valence electrons. The summed E-state index contributed by atoms with van der Waals surface area (Å²) in [4.78, 5) is 22.9. The van der Waals surface area contributed by atoms with Gasteiger partial charge in [-0.25, -0.2) is 0 Å². The third-order valence-corrected chi connectivity index (χ3v) is 3.78. The summed E-state index contributed by atoms with van der Waals surface area (Å²) in [6.07, 6.45) is -2.87. The molecule has 0 amide bonds. The summed E-state index contributed by atoms with van der Waals surface area (Å²) in [7, 11) is 2.45. The van der Waals surface area contributed by atoms with Crippen LogP contribution in [0.5, 0.6) is 0 Å². The molecule has 20 heavy (non-hydrogen) atoms. The van der Waals surface area contributed by atoms with E-state index in [4.69, 9.17) is 9.47 Å². The molecule has 4 atom stereocenters. The topological polar surface area (TPSA) is 112 Å². The van der Waals surface area contributed by atoms with Gasteiger partial charge in [-0.05, 0) is 6.42 Å². The molecule has 2 rings (SSSR count). The number of aliphatic hydroxyl groups is 2. The van der Waals surface area contributed by atoms with Crippen LogP contribution in [0.4, 0.5) is 0 Å². The fourth-order valence-corrected chi connectivity index (χ4v) is 2.71. The lowest BCUT2D eigenvalue weighted by Gasteiger charge is -2.44. The monoisotopic (exact) mass is 290 g/mol. The number of carbonyl (C=O) groups is 2. The molecule has 2 aliphatic rings. The van der Waals surface area contributed by atoms with Crippen LogP contribution in [0.3, 0.4) is 0 Å². The highest BCUT2D eigenvalue weighted by Crippen LogP contribution is 2.50. The van der Waals surface area contributed by atoms with E-state index in [1.54, 1.807) is 0 Å². The molecule has 0 aromatic heterocycles. The molecule has 8 heteroatoms.